The highest BCUT2D eigenvalue weighted by Gasteiger charge is 2.14. The molecule has 1 aromatic heterocycles. The number of carbonyl (C=O) groups excluding carboxylic acids is 1. The number of hydrogen-bond donors (Lipinski definition) is 1. The number of nitrogens with zero attached hydrogens (tertiary/aromatic N) is 1. The maximum atomic E-state index is 12.8. The molecule has 34 heavy (non-hydrogen) atoms. The van der Waals surface area contributed by atoms with Gasteiger partial charge in [-0.1, -0.05) is 12.1 Å². The summed E-state index contributed by atoms with van der Waals surface area (Å²) in [6.07, 6.45) is 0.983. The molecule has 0 saturated heterocycles. The number of hydrogen-bond acceptors (Lipinski definition) is 5. The quantitative estimate of drug-likeness (QED) is 0.369. The Morgan fingerprint density at radius 2 is 1.56 bits per heavy atom. The van der Waals surface area contributed by atoms with Gasteiger partial charge in [-0.3, -0.25) is 9.78 Å². The third-order valence-corrected chi connectivity index (χ3v) is 4.94. The van der Waals surface area contributed by atoms with Crippen molar-refractivity contribution in [1.29, 1.82) is 0 Å². The van der Waals surface area contributed by atoms with Crippen LogP contribution < -0.4 is 14.8 Å². The average molecular weight is 463 g/mol. The topological polar surface area (TPSA) is 69.7 Å². The lowest BCUT2D eigenvalue weighted by molar-refractivity contribution is 0.0190. The number of anilines is 1. The number of carbonyl (C=O) groups is 1. The Hall–Kier alpha value is -3.38. The summed E-state index contributed by atoms with van der Waals surface area (Å²) < 4.78 is 17.6. The second kappa shape index (κ2) is 11.7. The number of benzene rings is 2. The van der Waals surface area contributed by atoms with Gasteiger partial charge < -0.3 is 19.5 Å². The molecule has 1 N–H and O–H groups in total. The summed E-state index contributed by atoms with van der Waals surface area (Å²) >= 11 is 0. The summed E-state index contributed by atoms with van der Waals surface area (Å²) in [7, 11) is 0. The molecule has 1 atom stereocenters. The van der Waals surface area contributed by atoms with Crippen LogP contribution in [-0.4, -0.2) is 29.2 Å². The normalized spacial score (nSPS) is 12.0. The van der Waals surface area contributed by atoms with E-state index in [2.05, 4.69) is 10.3 Å². The molecule has 6 heteroatoms. The highest BCUT2D eigenvalue weighted by atomic mass is 16.5. The van der Waals surface area contributed by atoms with Crippen molar-refractivity contribution in [3.63, 3.8) is 0 Å². The molecule has 0 aliphatic rings. The van der Waals surface area contributed by atoms with Gasteiger partial charge in [0, 0.05) is 17.8 Å². The zero-order valence-corrected chi connectivity index (χ0v) is 20.8. The van der Waals surface area contributed by atoms with Gasteiger partial charge >= 0.3 is 0 Å². The molecule has 1 unspecified atom stereocenters. The molecule has 3 rings (SSSR count). The predicted octanol–water partition coefficient (Wildman–Crippen LogP) is 6.58. The molecule has 6 nitrogen and oxygen atoms in total. The lowest BCUT2D eigenvalue weighted by atomic mass is 10.1. The van der Waals surface area contributed by atoms with Crippen molar-refractivity contribution < 1.29 is 19.0 Å². The number of amides is 1. The maximum Gasteiger partial charge on any atom is 0.257 e. The largest absolute Gasteiger partial charge is 0.487 e. The molecular weight excluding hydrogens is 428 g/mol. The monoisotopic (exact) mass is 462 g/mol. The number of rotatable bonds is 10. The lowest BCUT2D eigenvalue weighted by Crippen LogP contribution is -2.18. The maximum absolute atomic E-state index is 12.8. The Morgan fingerprint density at radius 3 is 2.18 bits per heavy atom. The van der Waals surface area contributed by atoms with E-state index in [1.807, 2.05) is 90.1 Å². The first-order valence-corrected chi connectivity index (χ1v) is 11.7. The summed E-state index contributed by atoms with van der Waals surface area (Å²) in [5.74, 6) is 1.78. The molecule has 0 radical (unpaired) electrons. The molecule has 1 heterocycles. The minimum absolute atomic E-state index is 0.0473. The number of pyridine rings is 1. The van der Waals surface area contributed by atoms with Crippen molar-refractivity contribution in [2.75, 3.05) is 5.32 Å². The van der Waals surface area contributed by atoms with Gasteiger partial charge in [0.05, 0.1) is 29.6 Å². The summed E-state index contributed by atoms with van der Waals surface area (Å²) in [6, 6.07) is 18.5. The number of aromatic nitrogens is 1. The fraction of sp³-hybridized carbons (Fsp3) is 0.357. The highest BCUT2D eigenvalue weighted by molar-refractivity contribution is 6.05. The first kappa shape index (κ1) is 25.2. The van der Waals surface area contributed by atoms with E-state index in [-0.39, 0.29) is 24.2 Å². The van der Waals surface area contributed by atoms with Crippen LogP contribution in [-0.2, 0) is 11.2 Å². The van der Waals surface area contributed by atoms with E-state index >= 15 is 0 Å². The summed E-state index contributed by atoms with van der Waals surface area (Å²) in [6.45, 7) is 11.9. The molecule has 0 aliphatic carbocycles. The highest BCUT2D eigenvalue weighted by Crippen LogP contribution is 2.32. The Bertz CT molecular complexity index is 1090. The number of ether oxygens (including phenoxy) is 3. The van der Waals surface area contributed by atoms with E-state index < -0.39 is 0 Å². The van der Waals surface area contributed by atoms with E-state index in [0.717, 1.165) is 5.69 Å². The van der Waals surface area contributed by atoms with Crippen molar-refractivity contribution in [2.45, 2.75) is 66.3 Å². The predicted molar refractivity (Wildman–Crippen MR) is 135 cm³/mol. The van der Waals surface area contributed by atoms with Crippen molar-refractivity contribution >= 4 is 11.6 Å². The van der Waals surface area contributed by atoms with Crippen LogP contribution in [0.15, 0.2) is 60.7 Å². The first-order valence-electron chi connectivity index (χ1n) is 11.7. The van der Waals surface area contributed by atoms with Crippen molar-refractivity contribution in [2.24, 2.45) is 0 Å². The van der Waals surface area contributed by atoms with Gasteiger partial charge in [-0.15, -0.1) is 0 Å². The fourth-order valence-electron chi connectivity index (χ4n) is 3.59. The molecule has 1 amide bonds. The Kier molecular flexibility index (Phi) is 8.66. The molecule has 0 fully saturated rings. The third-order valence-electron chi connectivity index (χ3n) is 4.94. The van der Waals surface area contributed by atoms with Crippen LogP contribution in [0.25, 0.3) is 0 Å². The third kappa shape index (κ3) is 7.32. The molecule has 3 aromatic rings. The van der Waals surface area contributed by atoms with E-state index in [0.29, 0.717) is 40.6 Å². The van der Waals surface area contributed by atoms with E-state index in [9.17, 15) is 4.79 Å². The van der Waals surface area contributed by atoms with E-state index in [4.69, 9.17) is 14.2 Å². The number of para-hydroxylation sites is 2. The summed E-state index contributed by atoms with van der Waals surface area (Å²) in [4.78, 5) is 17.4. The van der Waals surface area contributed by atoms with Crippen LogP contribution >= 0.6 is 0 Å². The Labute approximate surface area is 202 Å². The summed E-state index contributed by atoms with van der Waals surface area (Å²) in [5.41, 5.74) is 2.81. The average Bonchev–Trinajstić information content (AvgIpc) is 2.75. The van der Waals surface area contributed by atoms with Crippen molar-refractivity contribution in [3.05, 3.63) is 77.6 Å². The molecule has 0 saturated carbocycles. The van der Waals surface area contributed by atoms with Gasteiger partial charge in [0.1, 0.15) is 5.75 Å². The SMILES string of the molecule is Cc1nc(CC(C)OC(C)C)ccc1C(=O)Nc1ccc(Oc2ccccc2OC(C)C)cc1. The van der Waals surface area contributed by atoms with Gasteiger partial charge in [0.25, 0.3) is 5.91 Å². The van der Waals surface area contributed by atoms with Crippen LogP contribution in [0.3, 0.4) is 0 Å². The van der Waals surface area contributed by atoms with E-state index in [1.165, 1.54) is 0 Å². The van der Waals surface area contributed by atoms with Crippen LogP contribution in [0.4, 0.5) is 5.69 Å². The minimum Gasteiger partial charge on any atom is -0.487 e. The van der Waals surface area contributed by atoms with Crippen LogP contribution in [0.2, 0.25) is 0 Å². The van der Waals surface area contributed by atoms with Gasteiger partial charge in [0.2, 0.25) is 0 Å². The summed E-state index contributed by atoms with van der Waals surface area (Å²) in [5, 5.41) is 2.93. The van der Waals surface area contributed by atoms with Gasteiger partial charge in [-0.05, 0) is 90.1 Å². The van der Waals surface area contributed by atoms with Crippen molar-refractivity contribution in [1.82, 2.24) is 4.98 Å². The van der Waals surface area contributed by atoms with E-state index in [1.54, 1.807) is 12.1 Å². The molecular formula is C28H34N2O4. The minimum atomic E-state index is -0.202. The van der Waals surface area contributed by atoms with Crippen LogP contribution in [0.1, 0.15) is 56.4 Å². The Balaban J connectivity index is 1.63. The smallest absolute Gasteiger partial charge is 0.257 e. The zero-order valence-electron chi connectivity index (χ0n) is 20.8. The van der Waals surface area contributed by atoms with Gasteiger partial charge in [-0.2, -0.15) is 0 Å². The van der Waals surface area contributed by atoms with Gasteiger partial charge in [0.15, 0.2) is 11.5 Å². The molecule has 180 valence electrons. The molecule has 0 spiro atoms. The molecule has 2 aromatic carbocycles. The van der Waals surface area contributed by atoms with Crippen LogP contribution in [0.5, 0.6) is 17.2 Å². The number of aryl methyl sites for hydroxylation is 1. The Morgan fingerprint density at radius 1 is 0.882 bits per heavy atom. The zero-order chi connectivity index (χ0) is 24.7. The first-order chi connectivity index (χ1) is 16.2. The number of nitrogens with one attached hydrogen (secondary N) is 1. The molecule has 0 bridgehead atoms. The van der Waals surface area contributed by atoms with Crippen LogP contribution in [0, 0.1) is 6.92 Å². The standard InChI is InChI=1S/C28H34N2O4/c1-18(2)32-20(5)17-23-13-16-25(21(6)29-23)28(31)30-22-11-14-24(15-12-22)34-27-10-8-7-9-26(27)33-19(3)4/h7-16,18-20H,17H2,1-6H3,(H,30,31). The van der Waals surface area contributed by atoms with Gasteiger partial charge in [-0.25, -0.2) is 0 Å². The second-order valence-electron chi connectivity index (χ2n) is 8.83. The lowest BCUT2D eigenvalue weighted by Gasteiger charge is -2.16. The fourth-order valence-corrected chi connectivity index (χ4v) is 3.59. The second-order valence-corrected chi connectivity index (χ2v) is 8.83. The van der Waals surface area contributed by atoms with Crippen molar-refractivity contribution in [3.8, 4) is 17.2 Å². The molecule has 0 aliphatic heterocycles.